The molecule has 1 fully saturated rings. The van der Waals surface area contributed by atoms with E-state index >= 15 is 0 Å². The highest BCUT2D eigenvalue weighted by Gasteiger charge is 2.33. The Morgan fingerprint density at radius 1 is 1.40 bits per heavy atom. The van der Waals surface area contributed by atoms with Crippen molar-refractivity contribution in [1.82, 2.24) is 4.90 Å². The number of methoxy groups -OCH3 is 2. The Morgan fingerprint density at radius 3 is 2.60 bits per heavy atom. The number of rotatable bonds is 6. The summed E-state index contributed by atoms with van der Waals surface area (Å²) in [6.07, 6.45) is 2.34. The number of hydrogen-bond acceptors (Lipinski definition) is 3. The summed E-state index contributed by atoms with van der Waals surface area (Å²) >= 11 is 0. The minimum Gasteiger partial charge on any atom is -0.497 e. The molecular formula is C15H22N2O3. The lowest BCUT2D eigenvalue weighted by Gasteiger charge is -2.28. The van der Waals surface area contributed by atoms with Crippen LogP contribution in [0.2, 0.25) is 0 Å². The maximum Gasteiger partial charge on any atom is 0.315 e. The van der Waals surface area contributed by atoms with Crippen LogP contribution in [0.25, 0.3) is 0 Å². The molecular weight excluding hydrogens is 256 g/mol. The number of primary amides is 1. The Morgan fingerprint density at radius 2 is 2.10 bits per heavy atom. The summed E-state index contributed by atoms with van der Waals surface area (Å²) in [4.78, 5) is 13.4. The lowest BCUT2D eigenvalue weighted by Crippen LogP contribution is -2.42. The molecule has 1 aromatic carbocycles. The van der Waals surface area contributed by atoms with E-state index in [1.54, 1.807) is 19.1 Å². The molecule has 2 rings (SSSR count). The average molecular weight is 278 g/mol. The van der Waals surface area contributed by atoms with Crippen LogP contribution in [0, 0.1) is 5.92 Å². The second-order valence-electron chi connectivity index (χ2n) is 5.22. The molecule has 2 amide bonds. The van der Waals surface area contributed by atoms with Gasteiger partial charge in [-0.05, 0) is 37.8 Å². The van der Waals surface area contributed by atoms with Gasteiger partial charge in [0, 0.05) is 17.7 Å². The number of hydrogen-bond donors (Lipinski definition) is 1. The van der Waals surface area contributed by atoms with Gasteiger partial charge in [-0.2, -0.15) is 0 Å². The van der Waals surface area contributed by atoms with Crippen molar-refractivity contribution >= 4 is 6.03 Å². The summed E-state index contributed by atoms with van der Waals surface area (Å²) in [5.41, 5.74) is 6.45. The van der Waals surface area contributed by atoms with Crippen molar-refractivity contribution in [3.63, 3.8) is 0 Å². The molecule has 1 aromatic rings. The molecule has 1 atom stereocenters. The average Bonchev–Trinajstić information content (AvgIpc) is 3.28. The highest BCUT2D eigenvalue weighted by Crippen LogP contribution is 2.36. The van der Waals surface area contributed by atoms with Gasteiger partial charge in [0.15, 0.2) is 0 Å². The van der Waals surface area contributed by atoms with Gasteiger partial charge in [0.1, 0.15) is 11.5 Å². The van der Waals surface area contributed by atoms with Gasteiger partial charge in [0.25, 0.3) is 0 Å². The Bertz CT molecular complexity index is 486. The number of nitrogens with zero attached hydrogens (tertiary/aromatic N) is 1. The van der Waals surface area contributed by atoms with Crippen LogP contribution in [-0.4, -0.2) is 31.2 Å². The van der Waals surface area contributed by atoms with Crippen molar-refractivity contribution in [2.75, 3.05) is 14.2 Å². The van der Waals surface area contributed by atoms with Gasteiger partial charge in [-0.1, -0.05) is 0 Å². The van der Waals surface area contributed by atoms with Crippen molar-refractivity contribution in [3.05, 3.63) is 23.8 Å². The Balaban J connectivity index is 2.19. The van der Waals surface area contributed by atoms with E-state index in [0.717, 1.165) is 11.3 Å². The van der Waals surface area contributed by atoms with Crippen LogP contribution in [0.1, 0.15) is 25.3 Å². The number of amides is 2. The zero-order chi connectivity index (χ0) is 14.7. The third-order valence-electron chi connectivity index (χ3n) is 3.91. The fourth-order valence-electron chi connectivity index (χ4n) is 2.42. The van der Waals surface area contributed by atoms with Crippen molar-refractivity contribution < 1.29 is 14.3 Å². The third kappa shape index (κ3) is 3.15. The first-order valence-electron chi connectivity index (χ1n) is 6.83. The van der Waals surface area contributed by atoms with Crippen LogP contribution in [0.3, 0.4) is 0 Å². The van der Waals surface area contributed by atoms with Crippen LogP contribution < -0.4 is 15.2 Å². The largest absolute Gasteiger partial charge is 0.497 e. The normalized spacial score (nSPS) is 15.6. The quantitative estimate of drug-likeness (QED) is 0.869. The molecule has 5 nitrogen and oxygen atoms in total. The number of carbonyl (C=O) groups excluding carboxylic acids is 1. The smallest absolute Gasteiger partial charge is 0.315 e. The van der Waals surface area contributed by atoms with E-state index in [1.165, 1.54) is 12.8 Å². The van der Waals surface area contributed by atoms with Gasteiger partial charge < -0.3 is 20.1 Å². The van der Waals surface area contributed by atoms with Crippen LogP contribution in [0.5, 0.6) is 11.5 Å². The van der Waals surface area contributed by atoms with E-state index in [4.69, 9.17) is 15.2 Å². The molecule has 0 heterocycles. The van der Waals surface area contributed by atoms with Crippen molar-refractivity contribution in [3.8, 4) is 11.5 Å². The molecule has 1 aliphatic carbocycles. The molecule has 0 aromatic heterocycles. The second kappa shape index (κ2) is 6.03. The van der Waals surface area contributed by atoms with Crippen LogP contribution >= 0.6 is 0 Å². The topological polar surface area (TPSA) is 64.8 Å². The second-order valence-corrected chi connectivity index (χ2v) is 5.22. The van der Waals surface area contributed by atoms with Gasteiger partial charge in [0.05, 0.1) is 20.8 Å². The number of ether oxygens (including phenoxy) is 2. The van der Waals surface area contributed by atoms with Gasteiger partial charge in [-0.3, -0.25) is 0 Å². The lowest BCUT2D eigenvalue weighted by atomic mass is 10.1. The zero-order valence-corrected chi connectivity index (χ0v) is 12.3. The molecule has 0 aliphatic heterocycles. The fourth-order valence-corrected chi connectivity index (χ4v) is 2.42. The maximum absolute atomic E-state index is 11.7. The molecule has 0 radical (unpaired) electrons. The Kier molecular flexibility index (Phi) is 4.37. The van der Waals surface area contributed by atoms with E-state index in [2.05, 4.69) is 6.92 Å². The van der Waals surface area contributed by atoms with Crippen LogP contribution in [0.4, 0.5) is 4.79 Å². The monoisotopic (exact) mass is 278 g/mol. The molecule has 1 aliphatic rings. The summed E-state index contributed by atoms with van der Waals surface area (Å²) in [6.45, 7) is 2.51. The first-order chi connectivity index (χ1) is 9.56. The Hall–Kier alpha value is -1.91. The van der Waals surface area contributed by atoms with Crippen molar-refractivity contribution in [2.45, 2.75) is 32.4 Å². The molecule has 1 saturated carbocycles. The molecule has 0 unspecified atom stereocenters. The Labute approximate surface area is 119 Å². The molecule has 20 heavy (non-hydrogen) atoms. The number of carbonyl (C=O) groups is 1. The standard InChI is InChI=1S/C15H22N2O3/c1-10(11-4-5-11)17(15(16)18)9-12-6-7-13(19-2)8-14(12)20-3/h6-8,10-11H,4-5,9H2,1-3H3,(H2,16,18)/t10-/m1/s1. The number of benzene rings is 1. The first kappa shape index (κ1) is 14.5. The molecule has 5 heteroatoms. The summed E-state index contributed by atoms with van der Waals surface area (Å²) < 4.78 is 10.5. The molecule has 0 bridgehead atoms. The third-order valence-corrected chi connectivity index (χ3v) is 3.91. The predicted octanol–water partition coefficient (Wildman–Crippen LogP) is 2.38. The maximum atomic E-state index is 11.7. The van der Waals surface area contributed by atoms with E-state index < -0.39 is 0 Å². The molecule has 2 N–H and O–H groups in total. The summed E-state index contributed by atoms with van der Waals surface area (Å²) in [6, 6.07) is 5.36. The SMILES string of the molecule is COc1ccc(CN(C(N)=O)[C@H](C)C2CC2)c(OC)c1. The minimum atomic E-state index is -0.387. The lowest BCUT2D eigenvalue weighted by molar-refractivity contribution is 0.176. The predicted molar refractivity (Wildman–Crippen MR) is 76.9 cm³/mol. The summed E-state index contributed by atoms with van der Waals surface area (Å²) in [5, 5.41) is 0. The molecule has 110 valence electrons. The van der Waals surface area contributed by atoms with E-state index in [9.17, 15) is 4.79 Å². The first-order valence-corrected chi connectivity index (χ1v) is 6.83. The minimum absolute atomic E-state index is 0.166. The molecule has 0 saturated heterocycles. The summed E-state index contributed by atoms with van der Waals surface area (Å²) in [7, 11) is 3.22. The highest BCUT2D eigenvalue weighted by molar-refractivity contribution is 5.72. The summed E-state index contributed by atoms with van der Waals surface area (Å²) in [5.74, 6) is 2.01. The fraction of sp³-hybridized carbons (Fsp3) is 0.533. The number of nitrogens with two attached hydrogens (primary N) is 1. The van der Waals surface area contributed by atoms with Gasteiger partial charge in [-0.25, -0.2) is 4.79 Å². The molecule has 0 spiro atoms. The van der Waals surface area contributed by atoms with Gasteiger partial charge in [0.2, 0.25) is 0 Å². The zero-order valence-electron chi connectivity index (χ0n) is 12.3. The van der Waals surface area contributed by atoms with Crippen LogP contribution in [0.15, 0.2) is 18.2 Å². The van der Waals surface area contributed by atoms with Gasteiger partial charge >= 0.3 is 6.03 Å². The van der Waals surface area contributed by atoms with Gasteiger partial charge in [-0.15, -0.1) is 0 Å². The van der Waals surface area contributed by atoms with Crippen molar-refractivity contribution in [2.24, 2.45) is 11.7 Å². The van der Waals surface area contributed by atoms with E-state index in [1.807, 2.05) is 18.2 Å². The number of urea groups is 1. The van der Waals surface area contributed by atoms with Crippen LogP contribution in [-0.2, 0) is 6.54 Å². The van der Waals surface area contributed by atoms with E-state index in [0.29, 0.717) is 18.2 Å². The van der Waals surface area contributed by atoms with E-state index in [-0.39, 0.29) is 12.1 Å². The highest BCUT2D eigenvalue weighted by atomic mass is 16.5. The van der Waals surface area contributed by atoms with Crippen molar-refractivity contribution in [1.29, 1.82) is 0 Å².